The first-order valence-corrected chi connectivity index (χ1v) is 7.58. The number of benzene rings is 1. The minimum Gasteiger partial charge on any atom is -0.480 e. The van der Waals surface area contributed by atoms with Crippen molar-refractivity contribution in [3.63, 3.8) is 0 Å². The molecule has 1 rings (SSSR count). The van der Waals surface area contributed by atoms with Crippen LogP contribution in [0.25, 0.3) is 0 Å². The van der Waals surface area contributed by atoms with E-state index in [1.54, 1.807) is 0 Å². The normalized spacial score (nSPS) is 12.2. The van der Waals surface area contributed by atoms with Crippen LogP contribution in [0, 0.1) is 12.8 Å². The summed E-state index contributed by atoms with van der Waals surface area (Å²) in [7, 11) is 0. The predicted octanol–water partition coefficient (Wildman–Crippen LogP) is 2.70. The lowest BCUT2D eigenvalue weighted by atomic mass is 10.0. The van der Waals surface area contributed by atoms with Crippen molar-refractivity contribution in [1.29, 1.82) is 0 Å². The van der Waals surface area contributed by atoms with Crippen LogP contribution in [0.1, 0.15) is 25.8 Å². The Labute approximate surface area is 124 Å². The molecule has 0 bridgehead atoms. The smallest absolute Gasteiger partial charge is 0.326 e. The number of carbonyl (C=O) groups is 2. The molecule has 1 atom stereocenters. The average molecular weight is 295 g/mol. The number of carboxylic acids is 1. The summed E-state index contributed by atoms with van der Waals surface area (Å²) in [5.41, 5.74) is 1.17. The van der Waals surface area contributed by atoms with Crippen molar-refractivity contribution in [2.45, 2.75) is 38.1 Å². The van der Waals surface area contributed by atoms with E-state index in [1.165, 1.54) is 17.3 Å². The number of carboxylic acid groups (broad SMARTS) is 1. The molecule has 2 N–H and O–H groups in total. The van der Waals surface area contributed by atoms with Gasteiger partial charge in [0.2, 0.25) is 5.91 Å². The lowest BCUT2D eigenvalue weighted by Gasteiger charge is -2.16. The number of aliphatic carboxylic acids is 1. The van der Waals surface area contributed by atoms with Gasteiger partial charge in [-0.05, 0) is 31.4 Å². The third-order valence-corrected chi connectivity index (χ3v) is 3.74. The summed E-state index contributed by atoms with van der Waals surface area (Å²) in [5, 5.41) is 11.6. The summed E-state index contributed by atoms with van der Waals surface area (Å²) in [6, 6.07) is 7.07. The Hall–Kier alpha value is -1.49. The summed E-state index contributed by atoms with van der Waals surface area (Å²) in [6.45, 7) is 5.87. The molecule has 0 fully saturated rings. The van der Waals surface area contributed by atoms with Crippen LogP contribution >= 0.6 is 11.8 Å². The fraction of sp³-hybridized carbons (Fsp3) is 0.467. The molecule has 110 valence electrons. The van der Waals surface area contributed by atoms with Crippen LogP contribution in [-0.2, 0) is 9.59 Å². The molecule has 1 aromatic rings. The van der Waals surface area contributed by atoms with E-state index < -0.39 is 12.0 Å². The number of thioether (sulfide) groups is 1. The van der Waals surface area contributed by atoms with Crippen molar-refractivity contribution >= 4 is 23.6 Å². The zero-order valence-corrected chi connectivity index (χ0v) is 12.9. The van der Waals surface area contributed by atoms with Gasteiger partial charge in [-0.2, -0.15) is 0 Å². The van der Waals surface area contributed by atoms with E-state index in [1.807, 2.05) is 45.0 Å². The van der Waals surface area contributed by atoms with Gasteiger partial charge >= 0.3 is 5.97 Å². The highest BCUT2D eigenvalue weighted by molar-refractivity contribution is 8.00. The Kier molecular flexibility index (Phi) is 6.58. The van der Waals surface area contributed by atoms with E-state index in [0.29, 0.717) is 6.42 Å². The third kappa shape index (κ3) is 6.10. The van der Waals surface area contributed by atoms with Gasteiger partial charge in [0.1, 0.15) is 6.04 Å². The number of aryl methyl sites for hydroxylation is 1. The number of hydrogen-bond donors (Lipinski definition) is 2. The molecule has 5 heteroatoms. The second-order valence-corrected chi connectivity index (χ2v) is 6.24. The Morgan fingerprint density at radius 2 is 1.85 bits per heavy atom. The molecule has 0 aromatic heterocycles. The van der Waals surface area contributed by atoms with E-state index in [9.17, 15) is 9.59 Å². The van der Waals surface area contributed by atoms with E-state index in [2.05, 4.69) is 5.32 Å². The van der Waals surface area contributed by atoms with Gasteiger partial charge in [0.15, 0.2) is 0 Å². The summed E-state index contributed by atoms with van der Waals surface area (Å²) in [4.78, 5) is 23.8. The summed E-state index contributed by atoms with van der Waals surface area (Å²) >= 11 is 1.40. The van der Waals surface area contributed by atoms with Crippen molar-refractivity contribution in [3.8, 4) is 0 Å². The molecule has 0 radical (unpaired) electrons. The fourth-order valence-electron chi connectivity index (χ4n) is 1.71. The number of amides is 1. The topological polar surface area (TPSA) is 66.4 Å². The second-order valence-electron chi connectivity index (χ2n) is 5.19. The van der Waals surface area contributed by atoms with Crippen LogP contribution in [0.4, 0.5) is 0 Å². The Morgan fingerprint density at radius 3 is 2.35 bits per heavy atom. The van der Waals surface area contributed by atoms with E-state index >= 15 is 0 Å². The molecule has 0 spiro atoms. The minimum atomic E-state index is -0.979. The maximum absolute atomic E-state index is 11.8. The number of carbonyl (C=O) groups excluding carboxylic acids is 1. The molecule has 1 unspecified atom stereocenters. The molecular formula is C15H21NO3S. The average Bonchev–Trinajstić information content (AvgIpc) is 2.36. The first-order valence-electron chi connectivity index (χ1n) is 6.60. The zero-order chi connectivity index (χ0) is 15.1. The zero-order valence-electron chi connectivity index (χ0n) is 12.1. The Bertz CT molecular complexity index is 457. The molecule has 1 aromatic carbocycles. The largest absolute Gasteiger partial charge is 0.480 e. The molecule has 4 nitrogen and oxygen atoms in total. The van der Waals surface area contributed by atoms with E-state index in [0.717, 1.165) is 4.90 Å². The maximum atomic E-state index is 11.8. The molecule has 0 aliphatic rings. The minimum absolute atomic E-state index is 0.223. The quantitative estimate of drug-likeness (QED) is 0.759. The summed E-state index contributed by atoms with van der Waals surface area (Å²) in [6.07, 6.45) is 0.441. The van der Waals surface area contributed by atoms with Gasteiger partial charge < -0.3 is 10.4 Å². The van der Waals surface area contributed by atoms with Crippen LogP contribution in [0.5, 0.6) is 0 Å². The fourth-order valence-corrected chi connectivity index (χ4v) is 2.42. The summed E-state index contributed by atoms with van der Waals surface area (Å²) in [5.74, 6) is -0.776. The van der Waals surface area contributed by atoms with Gasteiger partial charge in [-0.25, -0.2) is 4.79 Å². The highest BCUT2D eigenvalue weighted by atomic mass is 32.2. The van der Waals surface area contributed by atoms with Gasteiger partial charge in [-0.3, -0.25) is 4.79 Å². The lowest BCUT2D eigenvalue weighted by Crippen LogP contribution is -2.42. The van der Waals surface area contributed by atoms with Gasteiger partial charge in [0.05, 0.1) is 5.75 Å². The number of rotatable bonds is 7. The van der Waals surface area contributed by atoms with Gasteiger partial charge in [0.25, 0.3) is 0 Å². The molecule has 20 heavy (non-hydrogen) atoms. The monoisotopic (exact) mass is 295 g/mol. The van der Waals surface area contributed by atoms with Crippen LogP contribution in [0.2, 0.25) is 0 Å². The van der Waals surface area contributed by atoms with Crippen LogP contribution < -0.4 is 5.32 Å². The molecule has 0 saturated heterocycles. The highest BCUT2D eigenvalue weighted by Gasteiger charge is 2.20. The Balaban J connectivity index is 2.45. The van der Waals surface area contributed by atoms with Crippen molar-refractivity contribution in [2.24, 2.45) is 5.92 Å². The van der Waals surface area contributed by atoms with Crippen LogP contribution in [-0.4, -0.2) is 28.8 Å². The first-order chi connectivity index (χ1) is 9.38. The highest BCUT2D eigenvalue weighted by Crippen LogP contribution is 2.18. The SMILES string of the molecule is Cc1ccc(SCC(=O)NC(CC(C)C)C(=O)O)cc1. The molecule has 0 aliphatic heterocycles. The number of nitrogens with one attached hydrogen (secondary N) is 1. The van der Waals surface area contributed by atoms with Crippen molar-refractivity contribution in [2.75, 3.05) is 5.75 Å². The molecule has 0 heterocycles. The summed E-state index contributed by atoms with van der Waals surface area (Å²) < 4.78 is 0. The van der Waals surface area contributed by atoms with E-state index in [4.69, 9.17) is 5.11 Å². The molecule has 0 saturated carbocycles. The maximum Gasteiger partial charge on any atom is 0.326 e. The molecular weight excluding hydrogens is 274 g/mol. The van der Waals surface area contributed by atoms with Crippen molar-refractivity contribution < 1.29 is 14.7 Å². The lowest BCUT2D eigenvalue weighted by molar-refractivity contribution is -0.141. The first kappa shape index (κ1) is 16.6. The van der Waals surface area contributed by atoms with Crippen molar-refractivity contribution in [1.82, 2.24) is 5.32 Å². The predicted molar refractivity (Wildman–Crippen MR) is 80.9 cm³/mol. The van der Waals surface area contributed by atoms with Gasteiger partial charge in [-0.15, -0.1) is 11.8 Å². The van der Waals surface area contributed by atoms with Crippen molar-refractivity contribution in [3.05, 3.63) is 29.8 Å². The van der Waals surface area contributed by atoms with Gasteiger partial charge in [0, 0.05) is 4.90 Å². The Morgan fingerprint density at radius 1 is 1.25 bits per heavy atom. The third-order valence-electron chi connectivity index (χ3n) is 2.73. The number of hydrogen-bond acceptors (Lipinski definition) is 3. The van der Waals surface area contributed by atoms with Gasteiger partial charge in [-0.1, -0.05) is 31.5 Å². The van der Waals surface area contributed by atoms with E-state index in [-0.39, 0.29) is 17.6 Å². The van der Waals surface area contributed by atoms with Crippen LogP contribution in [0.15, 0.2) is 29.2 Å². The molecule has 1 amide bonds. The second kappa shape index (κ2) is 7.94. The molecule has 0 aliphatic carbocycles. The standard InChI is InChI=1S/C15H21NO3S/c1-10(2)8-13(15(18)19)16-14(17)9-20-12-6-4-11(3)5-7-12/h4-7,10,13H,8-9H2,1-3H3,(H,16,17)(H,18,19). The van der Waals surface area contributed by atoms with Crippen LogP contribution in [0.3, 0.4) is 0 Å².